The lowest BCUT2D eigenvalue weighted by atomic mass is 10.2. The summed E-state index contributed by atoms with van der Waals surface area (Å²) < 4.78 is 0. The summed E-state index contributed by atoms with van der Waals surface area (Å²) in [6.45, 7) is 0.463. The van der Waals surface area contributed by atoms with E-state index < -0.39 is 6.04 Å². The third-order valence-electron chi connectivity index (χ3n) is 2.45. The highest BCUT2D eigenvalue weighted by atomic mass is 16.2. The van der Waals surface area contributed by atoms with Crippen LogP contribution in [0.3, 0.4) is 0 Å². The molecule has 0 aromatic carbocycles. The first-order valence-electron chi connectivity index (χ1n) is 4.70. The maximum absolute atomic E-state index is 11.5. The maximum Gasteiger partial charge on any atom is 0.246 e. The Kier molecular flexibility index (Phi) is 2.51. The van der Waals surface area contributed by atoms with E-state index in [9.17, 15) is 9.59 Å². The van der Waals surface area contributed by atoms with Gasteiger partial charge in [-0.25, -0.2) is 4.98 Å². The summed E-state index contributed by atoms with van der Waals surface area (Å²) in [6.07, 6.45) is 3.59. The lowest BCUT2D eigenvalue weighted by Gasteiger charge is -2.09. The normalized spacial score (nSPS) is 21.4. The van der Waals surface area contributed by atoms with Gasteiger partial charge >= 0.3 is 0 Å². The van der Waals surface area contributed by atoms with Crippen LogP contribution in [0.2, 0.25) is 0 Å². The van der Waals surface area contributed by atoms with Crippen molar-refractivity contribution in [3.05, 3.63) is 18.2 Å². The molecule has 1 saturated heterocycles. The highest BCUT2D eigenvalue weighted by molar-refractivity contribution is 6.05. The van der Waals surface area contributed by atoms with Gasteiger partial charge in [-0.2, -0.15) is 0 Å². The first-order chi connectivity index (χ1) is 7.18. The zero-order valence-corrected chi connectivity index (χ0v) is 8.36. The summed E-state index contributed by atoms with van der Waals surface area (Å²) in [7, 11) is 1.50. The molecule has 1 aromatic heterocycles. The average molecular weight is 208 g/mol. The first-order valence-corrected chi connectivity index (χ1v) is 4.70. The van der Waals surface area contributed by atoms with E-state index in [0.29, 0.717) is 6.54 Å². The molecular formula is C9H12N4O2. The topological polar surface area (TPSA) is 78.1 Å². The van der Waals surface area contributed by atoms with Crippen LogP contribution in [-0.2, 0) is 16.1 Å². The highest BCUT2D eigenvalue weighted by Crippen LogP contribution is 2.10. The van der Waals surface area contributed by atoms with Crippen molar-refractivity contribution in [2.24, 2.45) is 0 Å². The van der Waals surface area contributed by atoms with E-state index in [4.69, 9.17) is 0 Å². The Hall–Kier alpha value is -1.69. The summed E-state index contributed by atoms with van der Waals surface area (Å²) in [6, 6.07) is -0.410. The molecule has 2 rings (SSSR count). The van der Waals surface area contributed by atoms with Gasteiger partial charge in [-0.1, -0.05) is 0 Å². The molecule has 1 aliphatic rings. The van der Waals surface area contributed by atoms with Gasteiger partial charge in [0.15, 0.2) is 0 Å². The Balaban J connectivity index is 1.91. The van der Waals surface area contributed by atoms with Crippen LogP contribution in [0.5, 0.6) is 0 Å². The van der Waals surface area contributed by atoms with E-state index in [-0.39, 0.29) is 18.2 Å². The van der Waals surface area contributed by atoms with Crippen LogP contribution >= 0.6 is 0 Å². The van der Waals surface area contributed by atoms with Crippen LogP contribution in [0.4, 0.5) is 0 Å². The lowest BCUT2D eigenvalue weighted by Crippen LogP contribution is -2.36. The molecular weight excluding hydrogens is 196 g/mol. The van der Waals surface area contributed by atoms with Gasteiger partial charge in [0.25, 0.3) is 0 Å². The van der Waals surface area contributed by atoms with E-state index in [1.807, 2.05) is 0 Å². The number of carbonyl (C=O) groups is 2. The molecule has 1 atom stereocenters. The van der Waals surface area contributed by atoms with Crippen LogP contribution in [0.25, 0.3) is 0 Å². The Morgan fingerprint density at radius 3 is 3.00 bits per heavy atom. The number of rotatable bonds is 3. The summed E-state index contributed by atoms with van der Waals surface area (Å²) in [5, 5.41) is 2.99. The van der Waals surface area contributed by atoms with Gasteiger partial charge in [-0.3, -0.25) is 19.8 Å². The number of hydrogen-bond acceptors (Lipinski definition) is 4. The minimum atomic E-state index is -0.410. The van der Waals surface area contributed by atoms with Crippen molar-refractivity contribution in [1.82, 2.24) is 20.2 Å². The van der Waals surface area contributed by atoms with E-state index >= 15 is 0 Å². The Morgan fingerprint density at radius 2 is 2.47 bits per heavy atom. The van der Waals surface area contributed by atoms with Crippen LogP contribution in [0.15, 0.2) is 12.4 Å². The van der Waals surface area contributed by atoms with Crippen molar-refractivity contribution < 1.29 is 9.59 Å². The van der Waals surface area contributed by atoms with Gasteiger partial charge in [0.1, 0.15) is 5.82 Å². The summed E-state index contributed by atoms with van der Waals surface area (Å²) in [4.78, 5) is 30.8. The molecule has 6 heteroatoms. The maximum atomic E-state index is 11.5. The van der Waals surface area contributed by atoms with Crippen molar-refractivity contribution >= 4 is 11.8 Å². The number of imidazole rings is 1. The van der Waals surface area contributed by atoms with E-state index in [1.54, 1.807) is 12.4 Å². The number of nitrogens with zero attached hydrogens (tertiary/aromatic N) is 2. The molecule has 2 heterocycles. The SMILES string of the molecule is CN1C(=O)CC(NCc2ncc[nH]2)C1=O. The minimum absolute atomic E-state index is 0.142. The van der Waals surface area contributed by atoms with Crippen LogP contribution in [-0.4, -0.2) is 39.8 Å². The second-order valence-corrected chi connectivity index (χ2v) is 3.46. The average Bonchev–Trinajstić information content (AvgIpc) is 2.80. The van der Waals surface area contributed by atoms with Gasteiger partial charge < -0.3 is 4.98 Å². The molecule has 0 bridgehead atoms. The van der Waals surface area contributed by atoms with Crippen LogP contribution in [0, 0.1) is 0 Å². The molecule has 80 valence electrons. The number of imide groups is 1. The fourth-order valence-corrected chi connectivity index (χ4v) is 1.53. The number of aromatic amines is 1. The van der Waals surface area contributed by atoms with E-state index in [2.05, 4.69) is 15.3 Å². The van der Waals surface area contributed by atoms with Crippen molar-refractivity contribution in [3.8, 4) is 0 Å². The molecule has 1 aromatic rings. The van der Waals surface area contributed by atoms with Gasteiger partial charge in [0, 0.05) is 19.4 Å². The first kappa shape index (κ1) is 9.85. The largest absolute Gasteiger partial charge is 0.348 e. The van der Waals surface area contributed by atoms with Crippen LogP contribution in [0.1, 0.15) is 12.2 Å². The van der Waals surface area contributed by atoms with Crippen molar-refractivity contribution in [3.63, 3.8) is 0 Å². The number of H-pyrrole nitrogens is 1. The number of likely N-dealkylation sites (N-methyl/N-ethyl adjacent to an activating group) is 1. The van der Waals surface area contributed by atoms with Gasteiger partial charge in [0.2, 0.25) is 11.8 Å². The van der Waals surface area contributed by atoms with E-state index in [1.165, 1.54) is 7.05 Å². The number of amides is 2. The van der Waals surface area contributed by atoms with Crippen molar-refractivity contribution in [2.75, 3.05) is 7.05 Å². The number of aromatic nitrogens is 2. The number of nitrogens with one attached hydrogen (secondary N) is 2. The molecule has 1 fully saturated rings. The monoisotopic (exact) mass is 208 g/mol. The van der Waals surface area contributed by atoms with Gasteiger partial charge in [-0.15, -0.1) is 0 Å². The fourth-order valence-electron chi connectivity index (χ4n) is 1.53. The number of likely N-dealkylation sites (tertiary alicyclic amines) is 1. The zero-order chi connectivity index (χ0) is 10.8. The lowest BCUT2D eigenvalue weighted by molar-refractivity contribution is -0.137. The van der Waals surface area contributed by atoms with E-state index in [0.717, 1.165) is 10.7 Å². The molecule has 2 amide bonds. The fraction of sp³-hybridized carbons (Fsp3) is 0.444. The standard InChI is InChI=1S/C9H12N4O2/c1-13-8(14)4-6(9(13)15)12-5-7-10-2-3-11-7/h2-3,6,12H,4-5H2,1H3,(H,10,11). The number of carbonyl (C=O) groups excluding carboxylic acids is 2. The third kappa shape index (κ3) is 1.89. The van der Waals surface area contributed by atoms with Crippen molar-refractivity contribution in [1.29, 1.82) is 0 Å². The smallest absolute Gasteiger partial charge is 0.246 e. The molecule has 1 unspecified atom stereocenters. The second kappa shape index (κ2) is 3.82. The summed E-state index contributed by atoms with van der Waals surface area (Å²) in [5.74, 6) is 0.438. The Bertz CT molecular complexity index is 373. The Morgan fingerprint density at radius 1 is 1.67 bits per heavy atom. The molecule has 6 nitrogen and oxygen atoms in total. The van der Waals surface area contributed by atoms with Crippen LogP contribution < -0.4 is 5.32 Å². The van der Waals surface area contributed by atoms with Gasteiger partial charge in [-0.05, 0) is 0 Å². The highest BCUT2D eigenvalue weighted by Gasteiger charge is 2.35. The summed E-state index contributed by atoms with van der Waals surface area (Å²) >= 11 is 0. The van der Waals surface area contributed by atoms with Crippen molar-refractivity contribution in [2.45, 2.75) is 19.0 Å². The quantitative estimate of drug-likeness (QED) is 0.641. The second-order valence-electron chi connectivity index (χ2n) is 3.46. The predicted molar refractivity (Wildman–Crippen MR) is 51.6 cm³/mol. The number of hydrogen-bond donors (Lipinski definition) is 2. The predicted octanol–water partition coefficient (Wildman–Crippen LogP) is -0.743. The molecule has 1 aliphatic heterocycles. The molecule has 15 heavy (non-hydrogen) atoms. The molecule has 0 aliphatic carbocycles. The zero-order valence-electron chi connectivity index (χ0n) is 8.36. The molecule has 0 saturated carbocycles. The molecule has 2 N–H and O–H groups in total. The third-order valence-corrected chi connectivity index (χ3v) is 2.45. The van der Waals surface area contributed by atoms with Gasteiger partial charge in [0.05, 0.1) is 19.0 Å². The summed E-state index contributed by atoms with van der Waals surface area (Å²) in [5.41, 5.74) is 0. The molecule has 0 radical (unpaired) electrons. The Labute approximate surface area is 86.7 Å². The minimum Gasteiger partial charge on any atom is -0.348 e. The molecule has 0 spiro atoms.